The number of carbonyl (C=O) groups is 1. The molecule has 3 rings (SSSR count). The number of aromatic hydroxyl groups is 1. The number of nitrogens with zero attached hydrogens (tertiary/aromatic N) is 1. The van der Waals surface area contributed by atoms with Crippen LogP contribution in [0.15, 0.2) is 28.8 Å². The van der Waals surface area contributed by atoms with Crippen molar-refractivity contribution in [2.75, 3.05) is 7.11 Å². The molecule has 0 atom stereocenters. The zero-order valence-electron chi connectivity index (χ0n) is 11.0. The predicted octanol–water partition coefficient (Wildman–Crippen LogP) is 0.810. The van der Waals surface area contributed by atoms with E-state index in [0.29, 0.717) is 22.4 Å². The summed E-state index contributed by atoms with van der Waals surface area (Å²) in [6.07, 6.45) is 3.20. The summed E-state index contributed by atoms with van der Waals surface area (Å²) in [7, 11) is 1.55. The van der Waals surface area contributed by atoms with E-state index in [1.54, 1.807) is 25.3 Å². The van der Waals surface area contributed by atoms with Gasteiger partial charge in [0.1, 0.15) is 11.4 Å². The molecule has 2 heterocycles. The van der Waals surface area contributed by atoms with Crippen molar-refractivity contribution in [3.05, 3.63) is 44.8 Å². The van der Waals surface area contributed by atoms with Crippen LogP contribution in [0.3, 0.4) is 0 Å². The zero-order valence-corrected chi connectivity index (χ0v) is 11.8. The van der Waals surface area contributed by atoms with Crippen molar-refractivity contribution in [1.82, 2.24) is 9.97 Å². The van der Waals surface area contributed by atoms with Crippen molar-refractivity contribution < 1.29 is 14.6 Å². The second-order valence-electron chi connectivity index (χ2n) is 4.43. The van der Waals surface area contributed by atoms with E-state index in [0.717, 1.165) is 5.22 Å². The molecule has 0 spiro atoms. The first kappa shape index (κ1) is 13.3. The third-order valence-corrected chi connectivity index (χ3v) is 3.26. The van der Waals surface area contributed by atoms with E-state index in [9.17, 15) is 9.90 Å². The minimum Gasteiger partial charge on any atom is -0.497 e. The number of fused-ring (bicyclic) bond motifs is 1. The van der Waals surface area contributed by atoms with Crippen molar-refractivity contribution in [3.63, 3.8) is 0 Å². The number of hydrogen-bond acceptors (Lipinski definition) is 4. The third kappa shape index (κ3) is 2.50. The number of ether oxygens (including phenoxy) is 1. The molecule has 1 amide bonds. The molecule has 1 aromatic heterocycles. The molecule has 2 aromatic rings. The first-order chi connectivity index (χ1) is 10.1. The number of hydrogen-bond donors (Lipinski definition) is 3. The van der Waals surface area contributed by atoms with Gasteiger partial charge in [0.2, 0.25) is 5.88 Å². The fourth-order valence-electron chi connectivity index (χ4n) is 2.02. The van der Waals surface area contributed by atoms with Gasteiger partial charge in [0.05, 0.1) is 12.5 Å². The highest BCUT2D eigenvalue weighted by molar-refractivity contribution is 7.71. The highest BCUT2D eigenvalue weighted by Crippen LogP contribution is 2.17. The third-order valence-electron chi connectivity index (χ3n) is 3.05. The first-order valence-corrected chi connectivity index (χ1v) is 6.49. The molecule has 7 heteroatoms. The lowest BCUT2D eigenvalue weighted by Gasteiger charge is -2.04. The Hall–Kier alpha value is -2.67. The van der Waals surface area contributed by atoms with Crippen LogP contribution in [-0.4, -0.2) is 28.1 Å². The standard InChI is InChI=1S/C14H11N3O3S/c1-20-9-3-2-7-4-8(12(18)15-10(7)6-9)5-11-13(19)17-14(21)16-11/h2-6,19H,1H3,(H2,16,17,21)/b8-5+. The lowest BCUT2D eigenvalue weighted by molar-refractivity contribution is -0.114. The van der Waals surface area contributed by atoms with Crippen molar-refractivity contribution >= 4 is 30.3 Å². The average molecular weight is 301 g/mol. The Kier molecular flexibility index (Phi) is 3.19. The lowest BCUT2D eigenvalue weighted by atomic mass is 10.1. The number of aromatic nitrogens is 2. The molecule has 0 saturated heterocycles. The van der Waals surface area contributed by atoms with Crippen LogP contribution in [0.2, 0.25) is 0 Å². The van der Waals surface area contributed by atoms with E-state index < -0.39 is 5.91 Å². The van der Waals surface area contributed by atoms with Gasteiger partial charge < -0.3 is 19.8 Å². The number of carbonyl (C=O) groups excluding carboxylic acids is 1. The molecule has 1 aromatic carbocycles. The van der Waals surface area contributed by atoms with Crippen LogP contribution in [0, 0.1) is 4.77 Å². The van der Waals surface area contributed by atoms with Crippen LogP contribution >= 0.6 is 12.2 Å². The topological polar surface area (TPSA) is 90.5 Å². The van der Waals surface area contributed by atoms with Gasteiger partial charge in [-0.25, -0.2) is 4.99 Å². The number of aromatic amines is 2. The smallest absolute Gasteiger partial charge is 0.277 e. The molecule has 1 aliphatic heterocycles. The van der Waals surface area contributed by atoms with Gasteiger partial charge in [-0.15, -0.1) is 0 Å². The van der Waals surface area contributed by atoms with Gasteiger partial charge in [0.25, 0.3) is 5.91 Å². The van der Waals surface area contributed by atoms with Crippen molar-refractivity contribution in [3.8, 4) is 11.6 Å². The van der Waals surface area contributed by atoms with E-state index >= 15 is 0 Å². The number of methoxy groups -OCH3 is 1. The normalized spacial score (nSPS) is 15.3. The Morgan fingerprint density at radius 1 is 1.38 bits per heavy atom. The van der Waals surface area contributed by atoms with E-state index in [1.807, 2.05) is 6.07 Å². The highest BCUT2D eigenvalue weighted by Gasteiger charge is 2.12. The van der Waals surface area contributed by atoms with E-state index in [2.05, 4.69) is 15.0 Å². The van der Waals surface area contributed by atoms with Crippen LogP contribution in [0.1, 0.15) is 5.69 Å². The summed E-state index contributed by atoms with van der Waals surface area (Å²) in [6, 6.07) is 5.30. The summed E-state index contributed by atoms with van der Waals surface area (Å²) >= 11 is 4.88. The molecule has 0 bridgehead atoms. The molecule has 0 aliphatic carbocycles. The fraction of sp³-hybridized carbons (Fsp3) is 0.0714. The van der Waals surface area contributed by atoms with Gasteiger partial charge in [-0.2, -0.15) is 0 Å². The molecule has 21 heavy (non-hydrogen) atoms. The Morgan fingerprint density at radius 2 is 2.19 bits per heavy atom. The monoisotopic (exact) mass is 301 g/mol. The average Bonchev–Trinajstić information content (AvgIpc) is 2.77. The van der Waals surface area contributed by atoms with Crippen LogP contribution in [0.25, 0.3) is 12.2 Å². The molecular formula is C14H11N3O3S. The summed E-state index contributed by atoms with van der Waals surface area (Å²) in [5.74, 6) is 0.128. The fourth-order valence-corrected chi connectivity index (χ4v) is 2.23. The molecule has 106 valence electrons. The van der Waals surface area contributed by atoms with Crippen LogP contribution in [0.5, 0.6) is 11.6 Å². The quantitative estimate of drug-likeness (QED) is 0.565. The second kappa shape index (κ2) is 5.02. The molecule has 0 saturated carbocycles. The molecule has 1 aliphatic rings. The SMILES string of the molecule is COc1ccc2c(c1)=NC(=O)/C(=C/c1[nH]c(=S)[nH]c1O)C=2. The molecule has 0 radical (unpaired) electrons. The summed E-state index contributed by atoms with van der Waals surface area (Å²) in [5.41, 5.74) is 0.694. The Bertz CT molecular complexity index is 937. The van der Waals surface area contributed by atoms with E-state index in [4.69, 9.17) is 17.0 Å². The molecular weight excluding hydrogens is 290 g/mol. The maximum atomic E-state index is 12.0. The summed E-state index contributed by atoms with van der Waals surface area (Å²) in [4.78, 5) is 21.4. The van der Waals surface area contributed by atoms with Gasteiger partial charge in [0, 0.05) is 16.9 Å². The summed E-state index contributed by atoms with van der Waals surface area (Å²) in [6.45, 7) is 0. The van der Waals surface area contributed by atoms with Gasteiger partial charge >= 0.3 is 0 Å². The van der Waals surface area contributed by atoms with Crippen LogP contribution in [-0.2, 0) is 4.79 Å². The van der Waals surface area contributed by atoms with Gasteiger partial charge in [0.15, 0.2) is 4.77 Å². The first-order valence-electron chi connectivity index (χ1n) is 6.08. The van der Waals surface area contributed by atoms with Crippen LogP contribution in [0.4, 0.5) is 0 Å². The second-order valence-corrected chi connectivity index (χ2v) is 4.84. The lowest BCUT2D eigenvalue weighted by Crippen LogP contribution is -2.30. The Balaban J connectivity index is 2.14. The Labute approximate surface area is 124 Å². The molecule has 3 N–H and O–H groups in total. The maximum absolute atomic E-state index is 12.0. The Morgan fingerprint density at radius 3 is 2.86 bits per heavy atom. The predicted molar refractivity (Wildman–Crippen MR) is 78.9 cm³/mol. The number of nitrogens with one attached hydrogen (secondary N) is 2. The summed E-state index contributed by atoms with van der Waals surface area (Å²) in [5, 5.41) is 11.0. The van der Waals surface area contributed by atoms with E-state index in [1.165, 1.54) is 6.08 Å². The number of H-pyrrole nitrogens is 2. The molecule has 0 unspecified atom stereocenters. The largest absolute Gasteiger partial charge is 0.497 e. The van der Waals surface area contributed by atoms with Crippen molar-refractivity contribution in [1.29, 1.82) is 0 Å². The van der Waals surface area contributed by atoms with E-state index in [-0.39, 0.29) is 10.7 Å². The minimum atomic E-state index is -0.393. The molecule has 0 fully saturated rings. The highest BCUT2D eigenvalue weighted by atomic mass is 32.1. The van der Waals surface area contributed by atoms with Gasteiger partial charge in [-0.1, -0.05) is 0 Å². The molecule has 6 nitrogen and oxygen atoms in total. The number of amides is 1. The van der Waals surface area contributed by atoms with Crippen molar-refractivity contribution in [2.45, 2.75) is 0 Å². The van der Waals surface area contributed by atoms with Crippen LogP contribution < -0.4 is 15.3 Å². The summed E-state index contributed by atoms with van der Waals surface area (Å²) < 4.78 is 5.39. The minimum absolute atomic E-state index is 0.116. The van der Waals surface area contributed by atoms with Gasteiger partial charge in [-0.3, -0.25) is 4.79 Å². The number of benzene rings is 1. The number of rotatable bonds is 2. The maximum Gasteiger partial charge on any atom is 0.277 e. The van der Waals surface area contributed by atoms with Gasteiger partial charge in [-0.05, 0) is 36.5 Å². The van der Waals surface area contributed by atoms with Crippen molar-refractivity contribution in [2.24, 2.45) is 4.99 Å². The number of imidazole rings is 1. The zero-order chi connectivity index (χ0) is 15.0.